The molecule has 0 spiro atoms. The van der Waals surface area contributed by atoms with E-state index in [4.69, 9.17) is 52.4 Å². The molecule has 0 fully saturated rings. The fourth-order valence-corrected chi connectivity index (χ4v) is 5.89. The van der Waals surface area contributed by atoms with Gasteiger partial charge in [-0.25, -0.2) is 0 Å². The van der Waals surface area contributed by atoms with E-state index in [9.17, 15) is 19.8 Å². The summed E-state index contributed by atoms with van der Waals surface area (Å²) in [6, 6.07) is 18.1. The number of carboxylic acids is 2. The van der Waals surface area contributed by atoms with Crippen LogP contribution in [0.1, 0.15) is 47.9 Å². The van der Waals surface area contributed by atoms with Gasteiger partial charge < -0.3 is 44.7 Å². The van der Waals surface area contributed by atoms with Crippen LogP contribution in [0.25, 0.3) is 11.1 Å². The number of hydrogen-bond donors (Lipinski definition) is 5. The normalized spacial score (nSPS) is 12.2. The lowest BCUT2D eigenvalue weighted by molar-refractivity contribution is -0.140. The number of carboxylic acid groups (broad SMARTS) is 2. The molecule has 5 N–H and O–H groups in total. The van der Waals surface area contributed by atoms with Gasteiger partial charge in [-0.2, -0.15) is 9.97 Å². The second-order valence-corrected chi connectivity index (χ2v) is 12.6. The molecule has 0 saturated carbocycles. The van der Waals surface area contributed by atoms with Gasteiger partial charge >= 0.3 is 11.9 Å². The number of aryl methyl sites for hydroxylation is 1. The van der Waals surface area contributed by atoms with Gasteiger partial charge in [-0.3, -0.25) is 9.59 Å². The van der Waals surface area contributed by atoms with E-state index < -0.39 is 24.1 Å². The highest BCUT2D eigenvalue weighted by molar-refractivity contribution is 6.37. The zero-order chi connectivity index (χ0) is 37.6. The van der Waals surface area contributed by atoms with E-state index in [0.717, 1.165) is 5.56 Å². The van der Waals surface area contributed by atoms with Crippen LogP contribution in [0.4, 0.5) is 0 Å². The molecule has 2 aromatic heterocycles. The summed E-state index contributed by atoms with van der Waals surface area (Å²) in [4.78, 5) is 30.4. The molecule has 2 atom stereocenters. The van der Waals surface area contributed by atoms with Crippen molar-refractivity contribution in [2.45, 2.75) is 64.1 Å². The number of aromatic nitrogens is 2. The summed E-state index contributed by atoms with van der Waals surface area (Å²) >= 11 is 13.8. The first-order valence-electron chi connectivity index (χ1n) is 16.4. The van der Waals surface area contributed by atoms with E-state index in [0.29, 0.717) is 87.2 Å². The summed E-state index contributed by atoms with van der Waals surface area (Å²) < 4.78 is 22.8. The molecule has 0 aliphatic carbocycles. The van der Waals surface area contributed by atoms with Crippen molar-refractivity contribution >= 4 is 35.1 Å². The van der Waals surface area contributed by atoms with E-state index >= 15 is 0 Å². The van der Waals surface area contributed by atoms with E-state index in [2.05, 4.69) is 15.3 Å². The summed E-state index contributed by atoms with van der Waals surface area (Å²) in [5, 5.41) is 41.1. The monoisotopic (exact) mass is 757 g/mol. The van der Waals surface area contributed by atoms with Crippen LogP contribution < -0.4 is 24.3 Å². The van der Waals surface area contributed by atoms with Crippen LogP contribution in [-0.4, -0.2) is 75.3 Å². The summed E-state index contributed by atoms with van der Waals surface area (Å²) in [7, 11) is 2.98. The molecule has 13 nitrogen and oxygen atoms in total. The maximum Gasteiger partial charge on any atom is 0.306 e. The molecule has 2 heterocycles. The van der Waals surface area contributed by atoms with Gasteiger partial charge in [-0.15, -0.1) is 0 Å². The van der Waals surface area contributed by atoms with Crippen LogP contribution in [0.5, 0.6) is 23.5 Å². The zero-order valence-electron chi connectivity index (χ0n) is 28.7. The topological polar surface area (TPSA) is 190 Å². The number of nitrogens with one attached hydrogen (secondary N) is 1. The van der Waals surface area contributed by atoms with Crippen LogP contribution in [-0.2, 0) is 35.8 Å². The van der Waals surface area contributed by atoms with Crippen LogP contribution >= 0.6 is 23.2 Å². The number of carbonyl (C=O) groups is 2. The Morgan fingerprint density at radius 2 is 1.21 bits per heavy atom. The lowest BCUT2D eigenvalue weighted by Gasteiger charge is -2.15. The van der Waals surface area contributed by atoms with Crippen molar-refractivity contribution in [1.82, 2.24) is 15.3 Å². The molecule has 0 unspecified atom stereocenters. The molecular formula is C37H41Cl2N3O10. The zero-order valence-corrected chi connectivity index (χ0v) is 30.2. The van der Waals surface area contributed by atoms with Gasteiger partial charge in [0, 0.05) is 58.6 Å². The first kappa shape index (κ1) is 40.1. The van der Waals surface area contributed by atoms with E-state index in [1.165, 1.54) is 14.2 Å². The van der Waals surface area contributed by atoms with Gasteiger partial charge in [0.25, 0.3) is 0 Å². The van der Waals surface area contributed by atoms with Crippen LogP contribution in [0, 0.1) is 0 Å². The Labute approximate surface area is 311 Å². The summed E-state index contributed by atoms with van der Waals surface area (Å²) in [6.07, 6.45) is -1.13. The molecule has 0 radical (unpaired) electrons. The Kier molecular flexibility index (Phi) is 15.3. The molecule has 278 valence electrons. The number of aliphatic hydroxyl groups is 2. The summed E-state index contributed by atoms with van der Waals surface area (Å²) in [6.45, 7) is 0.617. The second kappa shape index (κ2) is 19.8. The van der Waals surface area contributed by atoms with Gasteiger partial charge in [-0.1, -0.05) is 59.6 Å². The lowest BCUT2D eigenvalue weighted by atomic mass is 10.0. The van der Waals surface area contributed by atoms with E-state index in [-0.39, 0.29) is 32.6 Å². The maximum atomic E-state index is 10.8. The maximum absolute atomic E-state index is 10.8. The van der Waals surface area contributed by atoms with Crippen molar-refractivity contribution in [2.24, 2.45) is 0 Å². The van der Waals surface area contributed by atoms with Gasteiger partial charge in [0.15, 0.2) is 0 Å². The molecule has 0 bridgehead atoms. The fraction of sp³-hybridized carbons (Fsp3) is 0.351. The largest absolute Gasteiger partial charge is 0.481 e. The van der Waals surface area contributed by atoms with Crippen molar-refractivity contribution < 1.29 is 49.0 Å². The van der Waals surface area contributed by atoms with Gasteiger partial charge in [0.1, 0.15) is 13.2 Å². The number of aliphatic carboxylic acids is 2. The van der Waals surface area contributed by atoms with Crippen LogP contribution in [0.15, 0.2) is 60.7 Å². The Balaban J connectivity index is 1.39. The quantitative estimate of drug-likeness (QED) is 0.0696. The summed E-state index contributed by atoms with van der Waals surface area (Å²) in [5.41, 5.74) is 4.31. The number of hydrogen-bond acceptors (Lipinski definition) is 11. The number of methoxy groups -OCH3 is 2. The van der Waals surface area contributed by atoms with E-state index in [1.807, 2.05) is 42.5 Å². The van der Waals surface area contributed by atoms with E-state index in [1.54, 1.807) is 18.2 Å². The van der Waals surface area contributed by atoms with Crippen molar-refractivity contribution in [1.29, 1.82) is 0 Å². The minimum atomic E-state index is -1.08. The van der Waals surface area contributed by atoms with Crippen molar-refractivity contribution in [3.63, 3.8) is 0 Å². The smallest absolute Gasteiger partial charge is 0.306 e. The van der Waals surface area contributed by atoms with Crippen molar-refractivity contribution in [2.75, 3.05) is 20.8 Å². The Morgan fingerprint density at radius 3 is 1.73 bits per heavy atom. The number of ether oxygens (including phenoxy) is 4. The average molecular weight is 759 g/mol. The second-order valence-electron chi connectivity index (χ2n) is 11.8. The number of nitrogens with zero attached hydrogens (tertiary/aromatic N) is 2. The molecule has 0 saturated heterocycles. The standard InChI is InChI=1S/C37H41Cl2N3O10/c1-49-36-22(6-3-9-26(43)16-32(45)46)12-14-30(41-36)51-20-24-7-4-10-28(34(24)38)29-11-5-8-25(35(29)39)21-52-31-15-13-23(37(42-31)50-2)18-40-19-27(44)17-33(47)48/h4-5,7-8,10-15,26-27,40,43-44H,3,6,9,16-21H2,1-2H3,(H,45,46)(H,47,48)/t26-,27+/m1/s1. The van der Waals surface area contributed by atoms with Crippen molar-refractivity contribution in [3.8, 4) is 34.6 Å². The average Bonchev–Trinajstić information content (AvgIpc) is 3.11. The number of halogens is 2. The fourth-order valence-electron chi connectivity index (χ4n) is 5.32. The highest BCUT2D eigenvalue weighted by atomic mass is 35.5. The van der Waals surface area contributed by atoms with Crippen LogP contribution in [0.2, 0.25) is 10.0 Å². The molecule has 4 aromatic rings. The molecular weight excluding hydrogens is 717 g/mol. The molecule has 4 rings (SSSR count). The Hall–Kier alpha value is -4.66. The lowest BCUT2D eigenvalue weighted by Crippen LogP contribution is -2.28. The van der Waals surface area contributed by atoms with Gasteiger partial charge in [0.05, 0.1) is 49.3 Å². The summed E-state index contributed by atoms with van der Waals surface area (Å²) in [5.74, 6) is -0.789. The number of aliphatic hydroxyl groups excluding tert-OH is 2. The van der Waals surface area contributed by atoms with Crippen LogP contribution in [0.3, 0.4) is 0 Å². The number of benzene rings is 2. The minimum absolute atomic E-state index is 0.0944. The predicted molar refractivity (Wildman–Crippen MR) is 193 cm³/mol. The van der Waals surface area contributed by atoms with Gasteiger partial charge in [0.2, 0.25) is 23.5 Å². The Morgan fingerprint density at radius 1 is 0.712 bits per heavy atom. The third kappa shape index (κ3) is 11.7. The molecule has 15 heteroatoms. The van der Waals surface area contributed by atoms with Crippen molar-refractivity contribution in [3.05, 3.63) is 93.0 Å². The highest BCUT2D eigenvalue weighted by Gasteiger charge is 2.17. The first-order valence-corrected chi connectivity index (χ1v) is 17.1. The molecule has 0 aliphatic heterocycles. The number of rotatable bonds is 21. The first-order chi connectivity index (χ1) is 25.0. The molecule has 0 amide bonds. The third-order valence-electron chi connectivity index (χ3n) is 7.91. The SMILES string of the molecule is COc1nc(OCc2cccc(-c3cccc(COc4ccc(CNC[C@@H](O)CC(=O)O)c(OC)n4)c3Cl)c2Cl)ccc1CCC[C@@H](O)CC(=O)O. The number of pyridine rings is 2. The predicted octanol–water partition coefficient (Wildman–Crippen LogP) is 5.71. The third-order valence-corrected chi connectivity index (χ3v) is 8.80. The minimum Gasteiger partial charge on any atom is -0.481 e. The Bertz CT molecular complexity index is 1700. The van der Waals surface area contributed by atoms with Gasteiger partial charge in [-0.05, 0) is 31.4 Å². The molecule has 0 aliphatic rings. The molecule has 2 aromatic carbocycles. The highest BCUT2D eigenvalue weighted by Crippen LogP contribution is 2.37. The molecule has 52 heavy (non-hydrogen) atoms.